The number of nitrogens with one attached hydrogen (secondary N) is 1. The number of aromatic nitrogens is 3. The first kappa shape index (κ1) is 17.2. The van der Waals surface area contributed by atoms with Gasteiger partial charge in [0.15, 0.2) is 5.69 Å². The lowest BCUT2D eigenvalue weighted by atomic mass is 10.2. The number of nitrogens with zero attached hydrogens (tertiary/aromatic N) is 3. The van der Waals surface area contributed by atoms with Crippen LogP contribution in [0.4, 0.5) is 4.39 Å². The number of ether oxygens (including phenoxy) is 1. The normalized spacial score (nSPS) is 15.5. The second kappa shape index (κ2) is 7.11. The second-order valence-electron chi connectivity index (χ2n) is 4.78. The van der Waals surface area contributed by atoms with Crippen molar-refractivity contribution in [3.63, 3.8) is 0 Å². The largest absolute Gasteiger partial charge is 0.461 e. The van der Waals surface area contributed by atoms with Crippen molar-refractivity contribution < 1.29 is 18.7 Å². The third-order valence-corrected chi connectivity index (χ3v) is 4.32. The maximum absolute atomic E-state index is 13.2. The van der Waals surface area contributed by atoms with Gasteiger partial charge in [-0.2, -0.15) is 0 Å². The number of thiocarbonyl (C=S) groups is 1. The van der Waals surface area contributed by atoms with Crippen LogP contribution in [0.25, 0.3) is 11.8 Å². The number of benzene rings is 1. The highest BCUT2D eigenvalue weighted by Crippen LogP contribution is 2.27. The average Bonchev–Trinajstić information content (AvgIpc) is 3.12. The van der Waals surface area contributed by atoms with Gasteiger partial charge in [0.2, 0.25) is 0 Å². The molecule has 0 spiro atoms. The van der Waals surface area contributed by atoms with Crippen molar-refractivity contribution in [1.29, 1.82) is 0 Å². The van der Waals surface area contributed by atoms with Crippen molar-refractivity contribution in [3.05, 3.63) is 46.4 Å². The standard InChI is InChI=1S/C15H11FN4O3S2/c1-2-23-14(22)12-10(7-11-13(21)17-15(24)25-11)20(19-18-12)9-5-3-8(16)4-6-9/h3-7H,2H2,1H3,(H,17,21,24)/b11-7-. The van der Waals surface area contributed by atoms with Crippen LogP contribution in [0, 0.1) is 5.82 Å². The average molecular weight is 378 g/mol. The number of hydrogen-bond donors (Lipinski definition) is 1. The highest BCUT2D eigenvalue weighted by atomic mass is 32.2. The van der Waals surface area contributed by atoms with E-state index in [1.54, 1.807) is 6.92 Å². The van der Waals surface area contributed by atoms with E-state index in [4.69, 9.17) is 17.0 Å². The highest BCUT2D eigenvalue weighted by Gasteiger charge is 2.26. The molecule has 1 aliphatic heterocycles. The maximum Gasteiger partial charge on any atom is 0.361 e. The molecular formula is C15H11FN4O3S2. The molecule has 0 radical (unpaired) electrons. The molecule has 1 amide bonds. The fraction of sp³-hybridized carbons (Fsp3) is 0.133. The molecule has 1 saturated heterocycles. The summed E-state index contributed by atoms with van der Waals surface area (Å²) in [5, 5.41) is 10.3. The molecule has 0 aliphatic carbocycles. The summed E-state index contributed by atoms with van der Waals surface area (Å²) in [6, 6.07) is 5.47. The minimum atomic E-state index is -0.673. The van der Waals surface area contributed by atoms with Crippen molar-refractivity contribution in [2.45, 2.75) is 6.92 Å². The van der Waals surface area contributed by atoms with E-state index in [-0.39, 0.29) is 23.9 Å². The molecule has 0 bridgehead atoms. The van der Waals surface area contributed by atoms with Gasteiger partial charge in [-0.3, -0.25) is 4.79 Å². The third kappa shape index (κ3) is 3.59. The Hall–Kier alpha value is -2.59. The number of carbonyl (C=O) groups is 2. The van der Waals surface area contributed by atoms with Crippen LogP contribution >= 0.6 is 24.0 Å². The summed E-state index contributed by atoms with van der Waals surface area (Å²) >= 11 is 6.02. The highest BCUT2D eigenvalue weighted by molar-refractivity contribution is 8.26. The predicted molar refractivity (Wildman–Crippen MR) is 93.6 cm³/mol. The van der Waals surface area contributed by atoms with Crippen LogP contribution in [0.3, 0.4) is 0 Å². The van der Waals surface area contributed by atoms with Crippen LogP contribution in [-0.4, -0.2) is 37.8 Å². The Bertz CT molecular complexity index is 893. The van der Waals surface area contributed by atoms with E-state index in [1.165, 1.54) is 35.0 Å². The van der Waals surface area contributed by atoms with Gasteiger partial charge in [-0.1, -0.05) is 29.2 Å². The van der Waals surface area contributed by atoms with E-state index in [2.05, 4.69) is 15.6 Å². The first-order valence-electron chi connectivity index (χ1n) is 7.13. The van der Waals surface area contributed by atoms with Gasteiger partial charge < -0.3 is 10.1 Å². The quantitative estimate of drug-likeness (QED) is 0.495. The van der Waals surface area contributed by atoms with Crippen molar-refractivity contribution in [1.82, 2.24) is 20.3 Å². The second-order valence-corrected chi connectivity index (χ2v) is 6.50. The molecule has 3 rings (SSSR count). The Morgan fingerprint density at radius 2 is 2.16 bits per heavy atom. The Morgan fingerprint density at radius 1 is 1.44 bits per heavy atom. The minimum Gasteiger partial charge on any atom is -0.461 e. The van der Waals surface area contributed by atoms with Crippen molar-refractivity contribution in [2.24, 2.45) is 0 Å². The van der Waals surface area contributed by atoms with Crippen LogP contribution in [0.5, 0.6) is 0 Å². The van der Waals surface area contributed by atoms with Gasteiger partial charge in [-0.05, 0) is 37.3 Å². The van der Waals surface area contributed by atoms with E-state index in [0.29, 0.717) is 14.9 Å². The molecule has 7 nitrogen and oxygen atoms in total. The zero-order chi connectivity index (χ0) is 18.0. The van der Waals surface area contributed by atoms with E-state index in [0.717, 1.165) is 11.8 Å². The molecule has 1 aromatic carbocycles. The predicted octanol–water partition coefficient (Wildman–Crippen LogP) is 2.07. The summed E-state index contributed by atoms with van der Waals surface area (Å²) in [5.74, 6) is -1.46. The molecule has 1 aliphatic rings. The van der Waals surface area contributed by atoms with Crippen LogP contribution in [0.1, 0.15) is 23.1 Å². The number of amides is 1. The van der Waals surface area contributed by atoms with Gasteiger partial charge in [0.1, 0.15) is 15.8 Å². The topological polar surface area (TPSA) is 86.1 Å². The number of rotatable bonds is 4. The third-order valence-electron chi connectivity index (χ3n) is 3.15. The zero-order valence-corrected chi connectivity index (χ0v) is 14.5. The van der Waals surface area contributed by atoms with Crippen LogP contribution in [0.2, 0.25) is 0 Å². The summed E-state index contributed by atoms with van der Waals surface area (Å²) in [5.41, 5.74) is 0.666. The first-order chi connectivity index (χ1) is 12.0. The smallest absolute Gasteiger partial charge is 0.361 e. The maximum atomic E-state index is 13.2. The number of carbonyl (C=O) groups excluding carboxylic acids is 2. The summed E-state index contributed by atoms with van der Waals surface area (Å²) in [4.78, 5) is 24.3. The first-order valence-corrected chi connectivity index (χ1v) is 8.35. The van der Waals surface area contributed by atoms with Gasteiger partial charge in [0.05, 0.1) is 17.2 Å². The fourth-order valence-corrected chi connectivity index (χ4v) is 3.10. The van der Waals surface area contributed by atoms with Crippen LogP contribution < -0.4 is 5.32 Å². The van der Waals surface area contributed by atoms with Crippen molar-refractivity contribution in [3.8, 4) is 5.69 Å². The van der Waals surface area contributed by atoms with Gasteiger partial charge in [0, 0.05) is 0 Å². The Kier molecular flexibility index (Phi) is 4.91. The zero-order valence-electron chi connectivity index (χ0n) is 12.9. The lowest BCUT2D eigenvalue weighted by Crippen LogP contribution is -2.17. The Balaban J connectivity index is 2.11. The Morgan fingerprint density at radius 3 is 2.76 bits per heavy atom. The molecule has 1 N–H and O–H groups in total. The van der Waals surface area contributed by atoms with E-state index in [9.17, 15) is 14.0 Å². The summed E-state index contributed by atoms with van der Waals surface area (Å²) in [6.45, 7) is 1.83. The van der Waals surface area contributed by atoms with Crippen molar-refractivity contribution in [2.75, 3.05) is 6.61 Å². The van der Waals surface area contributed by atoms with Crippen LogP contribution in [-0.2, 0) is 9.53 Å². The molecule has 1 fully saturated rings. The molecule has 0 saturated carbocycles. The molecule has 128 valence electrons. The number of thioether (sulfide) groups is 1. The molecular weight excluding hydrogens is 367 g/mol. The lowest BCUT2D eigenvalue weighted by Gasteiger charge is -2.05. The fourth-order valence-electron chi connectivity index (χ4n) is 2.08. The summed E-state index contributed by atoms with van der Waals surface area (Å²) in [6.07, 6.45) is 1.45. The number of hydrogen-bond acceptors (Lipinski definition) is 7. The SMILES string of the molecule is CCOC(=O)c1nnn(-c2ccc(F)cc2)c1/C=C1\SC(=S)NC1=O. The molecule has 2 heterocycles. The Labute approximate surface area is 151 Å². The molecule has 10 heteroatoms. The minimum absolute atomic E-state index is 0.0510. The summed E-state index contributed by atoms with van der Waals surface area (Å²) < 4.78 is 19.8. The monoisotopic (exact) mass is 378 g/mol. The molecule has 2 aromatic rings. The lowest BCUT2D eigenvalue weighted by molar-refractivity contribution is -0.115. The van der Waals surface area contributed by atoms with Crippen molar-refractivity contribution >= 4 is 46.3 Å². The van der Waals surface area contributed by atoms with E-state index >= 15 is 0 Å². The number of esters is 1. The van der Waals surface area contributed by atoms with Crippen LogP contribution in [0.15, 0.2) is 29.2 Å². The van der Waals surface area contributed by atoms with Gasteiger partial charge in [-0.15, -0.1) is 5.10 Å². The summed E-state index contributed by atoms with van der Waals surface area (Å²) in [7, 11) is 0. The molecule has 0 unspecified atom stereocenters. The number of halogens is 1. The molecule has 1 aromatic heterocycles. The molecule has 0 atom stereocenters. The van der Waals surface area contributed by atoms with E-state index < -0.39 is 11.8 Å². The van der Waals surface area contributed by atoms with E-state index in [1.807, 2.05) is 0 Å². The van der Waals surface area contributed by atoms with Gasteiger partial charge in [0.25, 0.3) is 5.91 Å². The van der Waals surface area contributed by atoms with Gasteiger partial charge >= 0.3 is 5.97 Å². The van der Waals surface area contributed by atoms with Gasteiger partial charge in [-0.25, -0.2) is 13.9 Å². The molecule has 25 heavy (non-hydrogen) atoms.